The predicted octanol–water partition coefficient (Wildman–Crippen LogP) is 0.233. The Bertz CT molecular complexity index is 534. The quantitative estimate of drug-likeness (QED) is 0.802. The van der Waals surface area contributed by atoms with E-state index >= 15 is 0 Å². The van der Waals surface area contributed by atoms with E-state index < -0.39 is 20.0 Å². The van der Waals surface area contributed by atoms with Gasteiger partial charge in [0.05, 0.1) is 11.5 Å². The van der Waals surface area contributed by atoms with Crippen LogP contribution in [0.1, 0.15) is 26.7 Å². The molecule has 2 aliphatic rings. The molecule has 0 spiro atoms. The fourth-order valence-electron chi connectivity index (χ4n) is 3.15. The summed E-state index contributed by atoms with van der Waals surface area (Å²) in [5.74, 6) is 0.915. The Kier molecular flexibility index (Phi) is 4.78. The van der Waals surface area contributed by atoms with Crippen molar-refractivity contribution in [2.75, 3.05) is 31.1 Å². The van der Waals surface area contributed by atoms with Crippen LogP contribution in [0.3, 0.4) is 0 Å². The highest BCUT2D eigenvalue weighted by molar-refractivity contribution is 7.91. The van der Waals surface area contributed by atoms with Crippen molar-refractivity contribution in [3.8, 4) is 0 Å². The van der Waals surface area contributed by atoms with Crippen LogP contribution in [0, 0.1) is 17.8 Å². The molecule has 1 N–H and O–H groups in total. The summed E-state index contributed by atoms with van der Waals surface area (Å²) in [5.41, 5.74) is 0. The van der Waals surface area contributed by atoms with E-state index in [-0.39, 0.29) is 24.0 Å². The normalized spacial score (nSPS) is 35.2. The van der Waals surface area contributed by atoms with Crippen LogP contribution >= 0.6 is 0 Å². The lowest BCUT2D eigenvalue weighted by Gasteiger charge is -2.34. The number of sulfone groups is 1. The van der Waals surface area contributed by atoms with Crippen molar-refractivity contribution in [1.29, 1.82) is 0 Å². The zero-order chi connectivity index (χ0) is 15.0. The average Bonchev–Trinajstić information content (AvgIpc) is 2.65. The van der Waals surface area contributed by atoms with Gasteiger partial charge in [-0.1, -0.05) is 13.8 Å². The van der Waals surface area contributed by atoms with E-state index in [1.165, 1.54) is 4.31 Å². The topological polar surface area (TPSA) is 83.6 Å². The molecule has 6 nitrogen and oxygen atoms in total. The summed E-state index contributed by atoms with van der Waals surface area (Å²) in [6.45, 7) is 5.43. The summed E-state index contributed by atoms with van der Waals surface area (Å²) in [5, 5.41) is 0. The molecule has 2 aliphatic heterocycles. The molecule has 118 valence electrons. The Morgan fingerprint density at radius 2 is 1.80 bits per heavy atom. The molecule has 2 saturated heterocycles. The number of hydrogen-bond acceptors (Lipinski definition) is 4. The number of hydrogen-bond donors (Lipinski definition) is 1. The molecule has 20 heavy (non-hydrogen) atoms. The van der Waals surface area contributed by atoms with Crippen molar-refractivity contribution in [3.63, 3.8) is 0 Å². The van der Waals surface area contributed by atoms with Gasteiger partial charge in [0.15, 0.2) is 9.84 Å². The minimum absolute atomic E-state index is 0.0885. The van der Waals surface area contributed by atoms with Crippen molar-refractivity contribution in [2.24, 2.45) is 17.8 Å². The van der Waals surface area contributed by atoms with Gasteiger partial charge in [-0.05, 0) is 30.6 Å². The molecule has 0 aromatic rings. The van der Waals surface area contributed by atoms with Gasteiger partial charge < -0.3 is 0 Å². The summed E-state index contributed by atoms with van der Waals surface area (Å²) >= 11 is 0. The fourth-order valence-corrected chi connectivity index (χ4v) is 6.54. The molecule has 2 fully saturated rings. The molecule has 2 heterocycles. The Morgan fingerprint density at radius 3 is 2.30 bits per heavy atom. The summed E-state index contributed by atoms with van der Waals surface area (Å²) in [4.78, 5) is 0. The van der Waals surface area contributed by atoms with Crippen molar-refractivity contribution in [2.45, 2.75) is 26.7 Å². The molecule has 0 aromatic carbocycles. The van der Waals surface area contributed by atoms with Crippen LogP contribution in [0.4, 0.5) is 0 Å². The van der Waals surface area contributed by atoms with E-state index in [4.69, 9.17) is 0 Å². The number of piperidine rings is 1. The first kappa shape index (κ1) is 16.2. The molecule has 2 rings (SSSR count). The Hall–Kier alpha value is -0.180. The molecule has 0 amide bonds. The van der Waals surface area contributed by atoms with Crippen LogP contribution in [0.2, 0.25) is 0 Å². The van der Waals surface area contributed by atoms with E-state index in [0.29, 0.717) is 31.3 Å². The maximum absolute atomic E-state index is 12.3. The number of rotatable bonds is 4. The molecule has 0 bridgehead atoms. The van der Waals surface area contributed by atoms with Crippen LogP contribution in [0.25, 0.3) is 0 Å². The maximum Gasteiger partial charge on any atom is 0.279 e. The summed E-state index contributed by atoms with van der Waals surface area (Å²) in [7, 11) is -6.44. The molecular weight excluding hydrogens is 300 g/mol. The van der Waals surface area contributed by atoms with Gasteiger partial charge >= 0.3 is 0 Å². The van der Waals surface area contributed by atoms with Gasteiger partial charge in [0.25, 0.3) is 10.2 Å². The summed E-state index contributed by atoms with van der Waals surface area (Å²) in [6.07, 6.45) is 1.60. The van der Waals surface area contributed by atoms with Crippen molar-refractivity contribution in [3.05, 3.63) is 0 Å². The van der Waals surface area contributed by atoms with E-state index in [0.717, 1.165) is 6.42 Å². The van der Waals surface area contributed by atoms with E-state index in [9.17, 15) is 16.8 Å². The van der Waals surface area contributed by atoms with E-state index in [2.05, 4.69) is 18.6 Å². The predicted molar refractivity (Wildman–Crippen MR) is 78.2 cm³/mol. The monoisotopic (exact) mass is 324 g/mol. The maximum atomic E-state index is 12.3. The van der Waals surface area contributed by atoms with Gasteiger partial charge in [-0.25, -0.2) is 13.1 Å². The standard InChI is InChI=1S/C12H24N2O4S2/c1-10-5-11(2)8-14(7-10)20(17,18)13-6-12-3-4-19(15,16)9-12/h10-13H,3-9H2,1-2H3. The first-order valence-corrected chi connectivity index (χ1v) is 10.4. The first-order chi connectivity index (χ1) is 9.18. The van der Waals surface area contributed by atoms with E-state index in [1.807, 2.05) is 0 Å². The summed E-state index contributed by atoms with van der Waals surface area (Å²) in [6, 6.07) is 0. The van der Waals surface area contributed by atoms with Crippen LogP contribution in [0.5, 0.6) is 0 Å². The van der Waals surface area contributed by atoms with Crippen molar-refractivity contribution < 1.29 is 16.8 Å². The zero-order valence-electron chi connectivity index (χ0n) is 12.1. The zero-order valence-corrected chi connectivity index (χ0v) is 13.7. The second-order valence-corrected chi connectivity index (χ2v) is 10.4. The molecule has 0 radical (unpaired) electrons. The van der Waals surface area contributed by atoms with Crippen LogP contribution < -0.4 is 4.72 Å². The lowest BCUT2D eigenvalue weighted by Crippen LogP contribution is -2.48. The average molecular weight is 324 g/mol. The highest BCUT2D eigenvalue weighted by atomic mass is 32.2. The minimum Gasteiger partial charge on any atom is -0.229 e. The first-order valence-electron chi connectivity index (χ1n) is 7.13. The van der Waals surface area contributed by atoms with Gasteiger partial charge in [-0.2, -0.15) is 12.7 Å². The highest BCUT2D eigenvalue weighted by Gasteiger charge is 2.33. The fraction of sp³-hybridized carbons (Fsp3) is 1.00. The Labute approximate surface area is 122 Å². The number of nitrogens with one attached hydrogen (secondary N) is 1. The third-order valence-corrected chi connectivity index (χ3v) is 7.40. The lowest BCUT2D eigenvalue weighted by molar-refractivity contribution is 0.220. The minimum atomic E-state index is -3.49. The van der Waals surface area contributed by atoms with Gasteiger partial charge in [-0.15, -0.1) is 0 Å². The molecule has 3 unspecified atom stereocenters. The van der Waals surface area contributed by atoms with Gasteiger partial charge in [0.1, 0.15) is 0 Å². The smallest absolute Gasteiger partial charge is 0.229 e. The van der Waals surface area contributed by atoms with Crippen LogP contribution in [-0.4, -0.2) is 52.3 Å². The van der Waals surface area contributed by atoms with Gasteiger partial charge in [0, 0.05) is 19.6 Å². The SMILES string of the molecule is CC1CC(C)CN(S(=O)(=O)NCC2CCS(=O)(=O)C2)C1. The third kappa shape index (κ3) is 4.16. The van der Waals surface area contributed by atoms with Crippen molar-refractivity contribution >= 4 is 20.0 Å². The number of nitrogens with zero attached hydrogens (tertiary/aromatic N) is 1. The van der Waals surface area contributed by atoms with Gasteiger partial charge in [-0.3, -0.25) is 0 Å². The van der Waals surface area contributed by atoms with Crippen LogP contribution in [0.15, 0.2) is 0 Å². The largest absolute Gasteiger partial charge is 0.279 e. The van der Waals surface area contributed by atoms with Crippen LogP contribution in [-0.2, 0) is 20.0 Å². The second-order valence-electron chi connectivity index (χ2n) is 6.39. The molecule has 3 atom stereocenters. The second kappa shape index (κ2) is 5.90. The molecule has 0 aromatic heterocycles. The highest BCUT2D eigenvalue weighted by Crippen LogP contribution is 2.23. The van der Waals surface area contributed by atoms with Crippen molar-refractivity contribution in [1.82, 2.24) is 9.03 Å². The Balaban J connectivity index is 1.91. The Morgan fingerprint density at radius 1 is 1.20 bits per heavy atom. The third-order valence-electron chi connectivity index (χ3n) is 4.06. The lowest BCUT2D eigenvalue weighted by atomic mass is 9.94. The molecule has 0 saturated carbocycles. The molecule has 8 heteroatoms. The van der Waals surface area contributed by atoms with E-state index in [1.54, 1.807) is 0 Å². The van der Waals surface area contributed by atoms with Gasteiger partial charge in [0.2, 0.25) is 0 Å². The molecule has 0 aliphatic carbocycles. The summed E-state index contributed by atoms with van der Waals surface area (Å²) < 4.78 is 51.3. The molecular formula is C12H24N2O4S2.